The van der Waals surface area contributed by atoms with E-state index < -0.39 is 21.9 Å². The summed E-state index contributed by atoms with van der Waals surface area (Å²) in [6.45, 7) is 1.31. The van der Waals surface area contributed by atoms with Crippen LogP contribution in [0.15, 0.2) is 78.0 Å². The first-order chi connectivity index (χ1) is 14.8. The van der Waals surface area contributed by atoms with E-state index in [1.807, 2.05) is 0 Å². The summed E-state index contributed by atoms with van der Waals surface area (Å²) >= 11 is 0. The van der Waals surface area contributed by atoms with Crippen LogP contribution < -0.4 is 14.8 Å². The number of nitrogens with one attached hydrogen (secondary N) is 2. The van der Waals surface area contributed by atoms with Crippen LogP contribution in [0, 0.1) is 0 Å². The quantitative estimate of drug-likeness (QED) is 0.330. The van der Waals surface area contributed by atoms with E-state index in [9.17, 15) is 18.0 Å². The molecule has 0 aliphatic carbocycles. The van der Waals surface area contributed by atoms with E-state index in [1.165, 1.54) is 49.7 Å². The second-order valence-electron chi connectivity index (χ2n) is 6.19. The molecule has 0 fully saturated rings. The van der Waals surface area contributed by atoms with Gasteiger partial charge in [0.2, 0.25) is 11.9 Å². The molecule has 1 aromatic heterocycles. The lowest BCUT2D eigenvalue weighted by atomic mass is 10.2. The van der Waals surface area contributed by atoms with E-state index in [2.05, 4.69) is 20.0 Å². The van der Waals surface area contributed by atoms with Crippen LogP contribution in [-0.2, 0) is 19.6 Å². The lowest BCUT2D eigenvalue weighted by Crippen LogP contribution is -2.15. The monoisotopic (exact) mass is 438 g/mol. The van der Waals surface area contributed by atoms with Gasteiger partial charge in [0.25, 0.3) is 10.0 Å². The summed E-state index contributed by atoms with van der Waals surface area (Å²) < 4.78 is 31.9. The lowest BCUT2D eigenvalue weighted by Gasteiger charge is -2.07. The molecular weight excluding hydrogens is 420 g/mol. The number of carbonyl (C=O) groups is 2. The van der Waals surface area contributed by atoms with Gasteiger partial charge in [-0.1, -0.05) is 12.1 Å². The Morgan fingerprint density at radius 3 is 2.23 bits per heavy atom. The summed E-state index contributed by atoms with van der Waals surface area (Å²) in [6.07, 6.45) is 5.77. The van der Waals surface area contributed by atoms with Crippen LogP contribution in [0.3, 0.4) is 0 Å². The van der Waals surface area contributed by atoms with E-state index in [1.54, 1.807) is 36.4 Å². The molecule has 0 atom stereocenters. The molecule has 0 saturated heterocycles. The first-order valence-electron chi connectivity index (χ1n) is 8.99. The Hall–Kier alpha value is -4.05. The predicted molar refractivity (Wildman–Crippen MR) is 115 cm³/mol. The summed E-state index contributed by atoms with van der Waals surface area (Å²) in [5.41, 5.74) is 1.16. The number of carbonyl (C=O) groups excluding carboxylic acids is 2. The van der Waals surface area contributed by atoms with Gasteiger partial charge in [0.15, 0.2) is 0 Å². The van der Waals surface area contributed by atoms with Crippen molar-refractivity contribution < 1.29 is 22.7 Å². The number of hydrogen-bond acceptors (Lipinski definition) is 7. The number of esters is 1. The third kappa shape index (κ3) is 6.47. The lowest BCUT2D eigenvalue weighted by molar-refractivity contribution is -0.131. The average molecular weight is 438 g/mol. The van der Waals surface area contributed by atoms with Crippen LogP contribution in [0.2, 0.25) is 0 Å². The van der Waals surface area contributed by atoms with Crippen molar-refractivity contribution >= 4 is 39.6 Å². The highest BCUT2D eigenvalue weighted by Crippen LogP contribution is 2.17. The maximum Gasteiger partial charge on any atom is 0.308 e. The molecule has 158 valence electrons. The van der Waals surface area contributed by atoms with Gasteiger partial charge in [0.05, 0.1) is 4.90 Å². The molecule has 3 rings (SSSR count). The number of anilines is 2. The number of hydrogen-bond donors (Lipinski definition) is 2. The van der Waals surface area contributed by atoms with Crippen molar-refractivity contribution in [1.82, 2.24) is 9.97 Å². The van der Waals surface area contributed by atoms with Crippen molar-refractivity contribution in [3.8, 4) is 5.75 Å². The average Bonchev–Trinajstić information content (AvgIpc) is 2.74. The highest BCUT2D eigenvalue weighted by atomic mass is 32.2. The van der Waals surface area contributed by atoms with Crippen molar-refractivity contribution in [2.45, 2.75) is 11.8 Å². The van der Waals surface area contributed by atoms with Gasteiger partial charge >= 0.3 is 5.97 Å². The van der Waals surface area contributed by atoms with Crippen LogP contribution in [0.1, 0.15) is 12.5 Å². The van der Waals surface area contributed by atoms with Gasteiger partial charge in [-0.25, -0.2) is 23.1 Å². The highest BCUT2D eigenvalue weighted by molar-refractivity contribution is 7.92. The fourth-order valence-corrected chi connectivity index (χ4v) is 3.38. The maximum atomic E-state index is 12.4. The topological polar surface area (TPSA) is 127 Å². The number of rotatable bonds is 7. The van der Waals surface area contributed by atoms with E-state index in [4.69, 9.17) is 4.74 Å². The van der Waals surface area contributed by atoms with Crippen LogP contribution in [0.4, 0.5) is 11.6 Å². The predicted octanol–water partition coefficient (Wildman–Crippen LogP) is 2.85. The summed E-state index contributed by atoms with van der Waals surface area (Å²) in [5.74, 6) is -0.426. The van der Waals surface area contributed by atoms with Crippen molar-refractivity contribution in [3.05, 3.63) is 78.6 Å². The Morgan fingerprint density at radius 1 is 0.968 bits per heavy atom. The van der Waals surface area contributed by atoms with Crippen LogP contribution in [-0.4, -0.2) is 30.3 Å². The van der Waals surface area contributed by atoms with Gasteiger partial charge in [0, 0.05) is 31.1 Å². The molecule has 0 spiro atoms. The largest absolute Gasteiger partial charge is 0.427 e. The van der Waals surface area contributed by atoms with E-state index >= 15 is 0 Å². The SMILES string of the molecule is CC(=O)Oc1ccc(/C=C/C(=O)Nc2ccc(S(=O)(=O)Nc3ncccn3)cc2)cc1. The summed E-state index contributed by atoms with van der Waals surface area (Å²) in [6, 6.07) is 13.9. The molecule has 2 N–H and O–H groups in total. The Labute approximate surface area is 178 Å². The molecule has 1 amide bonds. The minimum Gasteiger partial charge on any atom is -0.427 e. The first-order valence-corrected chi connectivity index (χ1v) is 10.5. The van der Waals surface area contributed by atoms with Crippen molar-refractivity contribution in [2.24, 2.45) is 0 Å². The zero-order valence-electron chi connectivity index (χ0n) is 16.3. The minimum absolute atomic E-state index is 0.00126. The molecule has 0 unspecified atom stereocenters. The number of benzene rings is 2. The van der Waals surface area contributed by atoms with Crippen molar-refractivity contribution in [3.63, 3.8) is 0 Å². The third-order valence-electron chi connectivity index (χ3n) is 3.79. The first kappa shape index (κ1) is 21.7. The molecule has 0 bridgehead atoms. The minimum atomic E-state index is -3.85. The van der Waals surface area contributed by atoms with Gasteiger partial charge in [-0.3, -0.25) is 9.59 Å². The van der Waals surface area contributed by atoms with E-state index in [0.717, 1.165) is 5.56 Å². The Kier molecular flexibility index (Phi) is 6.73. The standard InChI is InChI=1S/C21H18N4O5S/c1-15(26)30-18-8-3-16(4-9-18)5-12-20(27)24-17-6-10-19(11-7-17)31(28,29)25-21-22-13-2-14-23-21/h2-14H,1H3,(H,24,27)(H,22,23,25)/b12-5+. The number of sulfonamides is 1. The molecule has 0 saturated carbocycles. The second kappa shape index (κ2) is 9.63. The third-order valence-corrected chi connectivity index (χ3v) is 5.14. The molecular formula is C21H18N4O5S. The molecule has 0 aliphatic heterocycles. The molecule has 3 aromatic rings. The van der Waals surface area contributed by atoms with Gasteiger partial charge < -0.3 is 10.1 Å². The molecule has 31 heavy (non-hydrogen) atoms. The van der Waals surface area contributed by atoms with Gasteiger partial charge in [-0.15, -0.1) is 0 Å². The second-order valence-corrected chi connectivity index (χ2v) is 7.87. The zero-order valence-corrected chi connectivity index (χ0v) is 17.2. The number of aromatic nitrogens is 2. The summed E-state index contributed by atoms with van der Waals surface area (Å²) in [7, 11) is -3.85. The Balaban J connectivity index is 1.59. The van der Waals surface area contributed by atoms with Gasteiger partial charge in [0.1, 0.15) is 5.75 Å². The van der Waals surface area contributed by atoms with Crippen LogP contribution in [0.25, 0.3) is 6.08 Å². The number of amides is 1. The number of nitrogens with zero attached hydrogens (tertiary/aromatic N) is 2. The highest BCUT2D eigenvalue weighted by Gasteiger charge is 2.15. The number of ether oxygens (including phenoxy) is 1. The summed E-state index contributed by atoms with van der Waals surface area (Å²) in [5, 5.41) is 2.64. The molecule has 1 heterocycles. The zero-order chi connectivity index (χ0) is 22.3. The van der Waals surface area contributed by atoms with Gasteiger partial charge in [-0.2, -0.15) is 0 Å². The molecule has 10 heteroatoms. The fraction of sp³-hybridized carbons (Fsp3) is 0.0476. The van der Waals surface area contributed by atoms with Crippen LogP contribution in [0.5, 0.6) is 5.75 Å². The maximum absolute atomic E-state index is 12.4. The molecule has 9 nitrogen and oxygen atoms in total. The smallest absolute Gasteiger partial charge is 0.308 e. The molecule has 0 aliphatic rings. The Morgan fingerprint density at radius 2 is 1.61 bits per heavy atom. The summed E-state index contributed by atoms with van der Waals surface area (Å²) in [4.78, 5) is 30.7. The molecule has 0 radical (unpaired) electrons. The fourth-order valence-electron chi connectivity index (χ4n) is 2.42. The van der Waals surface area contributed by atoms with Crippen molar-refractivity contribution in [1.29, 1.82) is 0 Å². The van der Waals surface area contributed by atoms with Gasteiger partial charge in [-0.05, 0) is 54.1 Å². The van der Waals surface area contributed by atoms with Crippen LogP contribution >= 0.6 is 0 Å². The van der Waals surface area contributed by atoms with E-state index in [-0.39, 0.29) is 10.8 Å². The normalized spacial score (nSPS) is 11.1. The van der Waals surface area contributed by atoms with Crippen molar-refractivity contribution in [2.75, 3.05) is 10.0 Å². The molecule has 2 aromatic carbocycles. The van der Waals surface area contributed by atoms with E-state index in [0.29, 0.717) is 11.4 Å². The Bertz CT molecular complexity index is 1190.